The minimum Gasteiger partial charge on any atom is -0.356 e. The van der Waals surface area contributed by atoms with Gasteiger partial charge < -0.3 is 5.32 Å². The number of aryl methyl sites for hydroxylation is 1. The van der Waals surface area contributed by atoms with E-state index in [0.717, 1.165) is 23.1 Å². The SMILES string of the molecule is Cc1ccc(S(=O)(=O)N2CCc3ccccc3[C@@H]2CC(=O)NCCC(C)C)cc1. The highest BCUT2D eigenvalue weighted by Gasteiger charge is 2.37. The first-order valence-electron chi connectivity index (χ1n) is 10.2. The third kappa shape index (κ3) is 5.06. The van der Waals surface area contributed by atoms with Crippen LogP contribution in [-0.2, 0) is 21.2 Å². The molecule has 0 spiro atoms. The third-order valence-electron chi connectivity index (χ3n) is 5.41. The second kappa shape index (κ2) is 9.09. The Labute approximate surface area is 174 Å². The zero-order chi connectivity index (χ0) is 21.0. The normalized spacial score (nSPS) is 17.2. The van der Waals surface area contributed by atoms with E-state index in [1.54, 1.807) is 24.3 Å². The van der Waals surface area contributed by atoms with E-state index < -0.39 is 16.1 Å². The van der Waals surface area contributed by atoms with Crippen molar-refractivity contribution in [3.63, 3.8) is 0 Å². The van der Waals surface area contributed by atoms with Crippen molar-refractivity contribution in [3.8, 4) is 0 Å². The van der Waals surface area contributed by atoms with E-state index in [1.807, 2.05) is 31.2 Å². The first kappa shape index (κ1) is 21.5. The lowest BCUT2D eigenvalue weighted by atomic mass is 9.92. The maximum atomic E-state index is 13.4. The summed E-state index contributed by atoms with van der Waals surface area (Å²) in [5, 5.41) is 2.95. The first-order valence-corrected chi connectivity index (χ1v) is 11.7. The third-order valence-corrected chi connectivity index (χ3v) is 7.34. The molecule has 0 bridgehead atoms. The average Bonchev–Trinajstić information content (AvgIpc) is 2.68. The second-order valence-electron chi connectivity index (χ2n) is 8.13. The van der Waals surface area contributed by atoms with E-state index in [2.05, 4.69) is 19.2 Å². The zero-order valence-electron chi connectivity index (χ0n) is 17.4. The van der Waals surface area contributed by atoms with Gasteiger partial charge in [-0.05, 0) is 48.9 Å². The van der Waals surface area contributed by atoms with Gasteiger partial charge in [-0.15, -0.1) is 0 Å². The minimum atomic E-state index is -3.70. The van der Waals surface area contributed by atoms with Crippen molar-refractivity contribution >= 4 is 15.9 Å². The van der Waals surface area contributed by atoms with Crippen LogP contribution in [0.25, 0.3) is 0 Å². The van der Waals surface area contributed by atoms with Gasteiger partial charge in [0.25, 0.3) is 0 Å². The van der Waals surface area contributed by atoms with Crippen LogP contribution in [0, 0.1) is 12.8 Å². The molecule has 3 rings (SSSR count). The predicted molar refractivity (Wildman–Crippen MR) is 115 cm³/mol. The summed E-state index contributed by atoms with van der Waals surface area (Å²) in [6.45, 7) is 7.13. The summed E-state index contributed by atoms with van der Waals surface area (Å²) in [5.41, 5.74) is 3.05. The molecule has 1 amide bonds. The highest BCUT2D eigenvalue weighted by Crippen LogP contribution is 2.36. The van der Waals surface area contributed by atoms with Gasteiger partial charge in [-0.2, -0.15) is 4.31 Å². The number of benzene rings is 2. The van der Waals surface area contributed by atoms with Crippen molar-refractivity contribution in [3.05, 3.63) is 65.2 Å². The average molecular weight is 415 g/mol. The summed E-state index contributed by atoms with van der Waals surface area (Å²) >= 11 is 0. The van der Waals surface area contributed by atoms with Crippen LogP contribution in [0.5, 0.6) is 0 Å². The number of nitrogens with one attached hydrogen (secondary N) is 1. The van der Waals surface area contributed by atoms with Gasteiger partial charge in [0.05, 0.1) is 10.9 Å². The zero-order valence-corrected chi connectivity index (χ0v) is 18.2. The Hall–Kier alpha value is -2.18. The van der Waals surface area contributed by atoms with Gasteiger partial charge in [0.1, 0.15) is 0 Å². The summed E-state index contributed by atoms with van der Waals surface area (Å²) in [7, 11) is -3.70. The number of hydrogen-bond acceptors (Lipinski definition) is 3. The molecule has 1 atom stereocenters. The van der Waals surface area contributed by atoms with E-state index >= 15 is 0 Å². The Morgan fingerprint density at radius 1 is 1.14 bits per heavy atom. The van der Waals surface area contributed by atoms with Gasteiger partial charge in [0.2, 0.25) is 15.9 Å². The highest BCUT2D eigenvalue weighted by atomic mass is 32.2. The molecule has 1 aliphatic rings. The van der Waals surface area contributed by atoms with E-state index in [0.29, 0.717) is 25.4 Å². The molecule has 6 heteroatoms. The van der Waals surface area contributed by atoms with E-state index in [9.17, 15) is 13.2 Å². The van der Waals surface area contributed by atoms with Crippen LogP contribution < -0.4 is 5.32 Å². The van der Waals surface area contributed by atoms with Crippen molar-refractivity contribution in [2.75, 3.05) is 13.1 Å². The van der Waals surface area contributed by atoms with Crippen molar-refractivity contribution in [1.29, 1.82) is 0 Å². The molecule has 2 aromatic carbocycles. The summed E-state index contributed by atoms with van der Waals surface area (Å²) in [6.07, 6.45) is 1.67. The maximum Gasteiger partial charge on any atom is 0.243 e. The number of carbonyl (C=O) groups excluding carboxylic acids is 1. The summed E-state index contributed by atoms with van der Waals surface area (Å²) < 4.78 is 28.3. The summed E-state index contributed by atoms with van der Waals surface area (Å²) in [4.78, 5) is 12.9. The number of carbonyl (C=O) groups is 1. The van der Waals surface area contributed by atoms with E-state index in [4.69, 9.17) is 0 Å². The van der Waals surface area contributed by atoms with Gasteiger partial charge in [0.15, 0.2) is 0 Å². The maximum absolute atomic E-state index is 13.4. The Morgan fingerprint density at radius 3 is 2.52 bits per heavy atom. The lowest BCUT2D eigenvalue weighted by molar-refractivity contribution is -0.122. The van der Waals surface area contributed by atoms with Crippen LogP contribution in [0.15, 0.2) is 53.4 Å². The van der Waals surface area contributed by atoms with Crippen LogP contribution in [0.4, 0.5) is 0 Å². The van der Waals surface area contributed by atoms with Crippen molar-refractivity contribution in [2.24, 2.45) is 5.92 Å². The smallest absolute Gasteiger partial charge is 0.243 e. The number of sulfonamides is 1. The molecule has 0 saturated heterocycles. The number of fused-ring (bicyclic) bond motifs is 1. The van der Waals surface area contributed by atoms with Gasteiger partial charge in [-0.25, -0.2) is 8.42 Å². The summed E-state index contributed by atoms with van der Waals surface area (Å²) in [5.74, 6) is 0.389. The van der Waals surface area contributed by atoms with Gasteiger partial charge in [0, 0.05) is 19.5 Å². The topological polar surface area (TPSA) is 66.5 Å². The van der Waals surface area contributed by atoms with Gasteiger partial charge >= 0.3 is 0 Å². The molecule has 0 fully saturated rings. The van der Waals surface area contributed by atoms with E-state index in [-0.39, 0.29) is 17.2 Å². The van der Waals surface area contributed by atoms with Crippen LogP contribution in [-0.4, -0.2) is 31.7 Å². The molecule has 0 saturated carbocycles. The molecule has 0 radical (unpaired) electrons. The molecule has 156 valence electrons. The van der Waals surface area contributed by atoms with Gasteiger partial charge in [-0.3, -0.25) is 4.79 Å². The Balaban J connectivity index is 1.89. The molecule has 29 heavy (non-hydrogen) atoms. The number of hydrogen-bond donors (Lipinski definition) is 1. The fourth-order valence-electron chi connectivity index (χ4n) is 3.72. The molecule has 2 aromatic rings. The number of nitrogens with zero attached hydrogens (tertiary/aromatic N) is 1. The molecular weight excluding hydrogens is 384 g/mol. The van der Waals surface area contributed by atoms with Crippen LogP contribution in [0.2, 0.25) is 0 Å². The van der Waals surface area contributed by atoms with Crippen molar-refractivity contribution in [2.45, 2.75) is 51.0 Å². The fraction of sp³-hybridized carbons (Fsp3) is 0.435. The first-order chi connectivity index (χ1) is 13.8. The second-order valence-corrected chi connectivity index (χ2v) is 10.0. The molecule has 0 aromatic heterocycles. The quantitative estimate of drug-likeness (QED) is 0.749. The summed E-state index contributed by atoms with van der Waals surface area (Å²) in [6, 6.07) is 14.2. The molecule has 1 heterocycles. The Bertz CT molecular complexity index is 952. The van der Waals surface area contributed by atoms with Crippen LogP contribution >= 0.6 is 0 Å². The Kier molecular flexibility index (Phi) is 6.75. The fourth-order valence-corrected chi connectivity index (χ4v) is 5.33. The monoisotopic (exact) mass is 414 g/mol. The van der Waals surface area contributed by atoms with Crippen molar-refractivity contribution in [1.82, 2.24) is 9.62 Å². The molecule has 0 aliphatic carbocycles. The molecule has 1 aliphatic heterocycles. The predicted octanol–water partition coefficient (Wildman–Crippen LogP) is 3.84. The lowest BCUT2D eigenvalue weighted by Gasteiger charge is -2.36. The highest BCUT2D eigenvalue weighted by molar-refractivity contribution is 7.89. The Morgan fingerprint density at radius 2 is 1.83 bits per heavy atom. The number of rotatable bonds is 7. The molecule has 0 unspecified atom stereocenters. The molecule has 1 N–H and O–H groups in total. The van der Waals surface area contributed by atoms with E-state index in [1.165, 1.54) is 4.31 Å². The number of amides is 1. The minimum absolute atomic E-state index is 0.114. The largest absolute Gasteiger partial charge is 0.356 e. The van der Waals surface area contributed by atoms with Crippen LogP contribution in [0.3, 0.4) is 0 Å². The standard InChI is InChI=1S/C23H30N2O3S/c1-17(2)12-14-24-23(26)16-22-21-7-5-4-6-19(21)13-15-25(22)29(27,28)20-10-8-18(3)9-11-20/h4-11,17,22H,12-16H2,1-3H3,(H,24,26)/t22-/m0/s1. The van der Waals surface area contributed by atoms with Crippen LogP contribution in [0.1, 0.15) is 49.4 Å². The lowest BCUT2D eigenvalue weighted by Crippen LogP contribution is -2.42. The van der Waals surface area contributed by atoms with Crippen molar-refractivity contribution < 1.29 is 13.2 Å². The molecule has 5 nitrogen and oxygen atoms in total. The molecular formula is C23H30N2O3S. The van der Waals surface area contributed by atoms with Gasteiger partial charge in [-0.1, -0.05) is 55.8 Å².